The van der Waals surface area contributed by atoms with Gasteiger partial charge < -0.3 is 10.8 Å². The van der Waals surface area contributed by atoms with E-state index in [9.17, 15) is 18.0 Å². The molecule has 0 amide bonds. The van der Waals surface area contributed by atoms with E-state index in [4.69, 9.17) is 10.8 Å². The minimum atomic E-state index is -4.51. The molecule has 18 heavy (non-hydrogen) atoms. The van der Waals surface area contributed by atoms with Gasteiger partial charge in [-0.05, 0) is 18.2 Å². The maximum atomic E-state index is 12.5. The number of aromatic nitrogens is 2. The van der Waals surface area contributed by atoms with Crippen LogP contribution in [-0.2, 0) is 6.18 Å². The lowest BCUT2D eigenvalue weighted by molar-refractivity contribution is -0.137. The van der Waals surface area contributed by atoms with Crippen molar-refractivity contribution in [2.24, 2.45) is 0 Å². The van der Waals surface area contributed by atoms with Crippen LogP contribution in [0.5, 0.6) is 0 Å². The van der Waals surface area contributed by atoms with Gasteiger partial charge in [0.2, 0.25) is 5.82 Å². The fraction of sp³-hybridized carbons (Fsp3) is 0.100. The van der Waals surface area contributed by atoms with E-state index < -0.39 is 23.5 Å². The Kier molecular flexibility index (Phi) is 2.57. The number of hydrogen-bond acceptors (Lipinski definition) is 4. The summed E-state index contributed by atoms with van der Waals surface area (Å²) in [4.78, 5) is 17.7. The van der Waals surface area contributed by atoms with Crippen LogP contribution in [-0.4, -0.2) is 21.0 Å². The van der Waals surface area contributed by atoms with Crippen molar-refractivity contribution in [3.05, 3.63) is 29.6 Å². The van der Waals surface area contributed by atoms with Gasteiger partial charge in [-0.25, -0.2) is 14.8 Å². The molecule has 0 radical (unpaired) electrons. The summed E-state index contributed by atoms with van der Waals surface area (Å²) in [6.07, 6.45) is -4.51. The Morgan fingerprint density at radius 2 is 1.94 bits per heavy atom. The zero-order valence-electron chi connectivity index (χ0n) is 8.69. The molecule has 0 fully saturated rings. The fourth-order valence-corrected chi connectivity index (χ4v) is 1.42. The summed E-state index contributed by atoms with van der Waals surface area (Å²) in [7, 11) is 0. The first kappa shape index (κ1) is 12.1. The highest BCUT2D eigenvalue weighted by Gasteiger charge is 2.30. The van der Waals surface area contributed by atoms with Gasteiger partial charge in [0.05, 0.1) is 11.1 Å². The summed E-state index contributed by atoms with van der Waals surface area (Å²) in [5.41, 5.74) is 4.58. The van der Waals surface area contributed by atoms with Crippen LogP contribution in [0.15, 0.2) is 18.2 Å². The van der Waals surface area contributed by atoms with E-state index in [-0.39, 0.29) is 16.7 Å². The van der Waals surface area contributed by atoms with Crippen molar-refractivity contribution < 1.29 is 23.1 Å². The van der Waals surface area contributed by atoms with Gasteiger partial charge in [0, 0.05) is 5.39 Å². The number of anilines is 1. The van der Waals surface area contributed by atoms with Crippen LogP contribution >= 0.6 is 0 Å². The van der Waals surface area contributed by atoms with E-state index in [1.807, 2.05) is 0 Å². The summed E-state index contributed by atoms with van der Waals surface area (Å²) in [6, 6.07) is 2.65. The lowest BCUT2D eigenvalue weighted by Crippen LogP contribution is -2.09. The standard InChI is InChI=1S/C10H6F3N3O2/c11-10(12,13)4-1-2-6-5(3-4)7(14)16-8(15-6)9(17)18/h1-3H,(H,17,18)(H2,14,15,16). The average molecular weight is 257 g/mol. The van der Waals surface area contributed by atoms with Crippen molar-refractivity contribution >= 4 is 22.7 Å². The molecule has 2 aromatic rings. The molecule has 1 heterocycles. The van der Waals surface area contributed by atoms with Crippen molar-refractivity contribution in [1.29, 1.82) is 0 Å². The number of hydrogen-bond donors (Lipinski definition) is 2. The third-order valence-corrected chi connectivity index (χ3v) is 2.24. The molecule has 0 aliphatic heterocycles. The summed E-state index contributed by atoms with van der Waals surface area (Å²) in [6.45, 7) is 0. The normalized spacial score (nSPS) is 11.7. The van der Waals surface area contributed by atoms with Crippen LogP contribution in [0, 0.1) is 0 Å². The Morgan fingerprint density at radius 3 is 2.50 bits per heavy atom. The number of nitrogens with zero attached hydrogens (tertiary/aromatic N) is 2. The average Bonchev–Trinajstić information content (AvgIpc) is 2.27. The predicted octanol–water partition coefficient (Wildman–Crippen LogP) is 1.93. The number of fused-ring (bicyclic) bond motifs is 1. The molecule has 8 heteroatoms. The number of aromatic carboxylic acids is 1. The number of nitrogen functional groups attached to an aromatic ring is 1. The molecular weight excluding hydrogens is 251 g/mol. The number of nitrogens with two attached hydrogens (primary N) is 1. The molecule has 0 aliphatic rings. The maximum absolute atomic E-state index is 12.5. The molecule has 1 aromatic carbocycles. The first-order valence-corrected chi connectivity index (χ1v) is 4.67. The molecule has 0 atom stereocenters. The second kappa shape index (κ2) is 3.83. The van der Waals surface area contributed by atoms with E-state index in [0.717, 1.165) is 18.2 Å². The van der Waals surface area contributed by atoms with Crippen LogP contribution in [0.2, 0.25) is 0 Å². The van der Waals surface area contributed by atoms with Crippen LogP contribution < -0.4 is 5.73 Å². The minimum absolute atomic E-state index is 0.0326. The lowest BCUT2D eigenvalue weighted by Gasteiger charge is -2.08. The molecule has 0 aliphatic carbocycles. The number of benzene rings is 1. The number of carbonyl (C=O) groups is 1. The molecule has 1 aromatic heterocycles. The van der Waals surface area contributed by atoms with Crippen LogP contribution in [0.1, 0.15) is 16.2 Å². The highest BCUT2D eigenvalue weighted by molar-refractivity contribution is 5.93. The smallest absolute Gasteiger partial charge is 0.416 e. The third kappa shape index (κ3) is 2.04. The Labute approximate surface area is 98.1 Å². The molecular formula is C10H6F3N3O2. The summed E-state index contributed by atoms with van der Waals surface area (Å²) in [5, 5.41) is 8.66. The third-order valence-electron chi connectivity index (χ3n) is 2.24. The van der Waals surface area contributed by atoms with Crippen molar-refractivity contribution in [3.8, 4) is 0 Å². The van der Waals surface area contributed by atoms with E-state index in [2.05, 4.69) is 9.97 Å². The van der Waals surface area contributed by atoms with E-state index in [1.165, 1.54) is 0 Å². The van der Waals surface area contributed by atoms with Gasteiger partial charge in [-0.2, -0.15) is 13.2 Å². The van der Waals surface area contributed by atoms with Crippen LogP contribution in [0.25, 0.3) is 10.9 Å². The Morgan fingerprint density at radius 1 is 1.28 bits per heavy atom. The molecule has 0 saturated heterocycles. The molecule has 0 bridgehead atoms. The van der Waals surface area contributed by atoms with Crippen molar-refractivity contribution in [1.82, 2.24) is 9.97 Å². The van der Waals surface area contributed by atoms with Crippen LogP contribution in [0.4, 0.5) is 19.0 Å². The summed E-state index contributed by atoms with van der Waals surface area (Å²) in [5.74, 6) is -2.26. The van der Waals surface area contributed by atoms with Crippen LogP contribution in [0.3, 0.4) is 0 Å². The molecule has 5 nitrogen and oxygen atoms in total. The Hall–Kier alpha value is -2.38. The molecule has 0 saturated carbocycles. The zero-order valence-corrected chi connectivity index (χ0v) is 8.69. The molecule has 0 unspecified atom stereocenters. The lowest BCUT2D eigenvalue weighted by atomic mass is 10.1. The van der Waals surface area contributed by atoms with Crippen molar-refractivity contribution in [2.75, 3.05) is 5.73 Å². The van der Waals surface area contributed by atoms with E-state index >= 15 is 0 Å². The van der Waals surface area contributed by atoms with Gasteiger partial charge in [-0.3, -0.25) is 0 Å². The van der Waals surface area contributed by atoms with Gasteiger partial charge in [0.15, 0.2) is 0 Å². The molecule has 3 N–H and O–H groups in total. The Balaban J connectivity index is 2.69. The van der Waals surface area contributed by atoms with Gasteiger partial charge in [0.1, 0.15) is 5.82 Å². The second-order valence-corrected chi connectivity index (χ2v) is 3.47. The van der Waals surface area contributed by atoms with Gasteiger partial charge in [-0.1, -0.05) is 0 Å². The molecule has 0 spiro atoms. The second-order valence-electron chi connectivity index (χ2n) is 3.47. The predicted molar refractivity (Wildman–Crippen MR) is 55.9 cm³/mol. The van der Waals surface area contributed by atoms with E-state index in [0.29, 0.717) is 0 Å². The van der Waals surface area contributed by atoms with Gasteiger partial charge in [0.25, 0.3) is 0 Å². The van der Waals surface area contributed by atoms with Gasteiger partial charge >= 0.3 is 12.1 Å². The number of rotatable bonds is 1. The quantitative estimate of drug-likeness (QED) is 0.814. The number of carboxylic acid groups (broad SMARTS) is 1. The molecule has 94 valence electrons. The minimum Gasteiger partial charge on any atom is -0.475 e. The number of carboxylic acids is 1. The maximum Gasteiger partial charge on any atom is 0.416 e. The number of halogens is 3. The highest BCUT2D eigenvalue weighted by atomic mass is 19.4. The molecule has 2 rings (SSSR count). The van der Waals surface area contributed by atoms with E-state index in [1.54, 1.807) is 0 Å². The summed E-state index contributed by atoms with van der Waals surface area (Å²) < 4.78 is 37.4. The largest absolute Gasteiger partial charge is 0.475 e. The fourth-order valence-electron chi connectivity index (χ4n) is 1.42. The monoisotopic (exact) mass is 257 g/mol. The first-order valence-electron chi connectivity index (χ1n) is 4.67. The number of alkyl halides is 3. The highest BCUT2D eigenvalue weighted by Crippen LogP contribution is 2.32. The first-order chi connectivity index (χ1) is 8.29. The topological polar surface area (TPSA) is 89.1 Å². The zero-order chi connectivity index (χ0) is 13.5. The summed E-state index contributed by atoms with van der Waals surface area (Å²) >= 11 is 0. The SMILES string of the molecule is Nc1nc(C(=O)O)nc2ccc(C(F)(F)F)cc12. The van der Waals surface area contributed by atoms with Gasteiger partial charge in [-0.15, -0.1) is 0 Å². The Bertz CT molecular complexity index is 640. The van der Waals surface area contributed by atoms with Crippen molar-refractivity contribution in [3.63, 3.8) is 0 Å². The van der Waals surface area contributed by atoms with Crippen molar-refractivity contribution in [2.45, 2.75) is 6.18 Å².